The Hall–Kier alpha value is -1.14. The predicted octanol–water partition coefficient (Wildman–Crippen LogP) is 2.37. The third-order valence-corrected chi connectivity index (χ3v) is 2.04. The second-order valence-electron chi connectivity index (χ2n) is 3.12. The summed E-state index contributed by atoms with van der Waals surface area (Å²) in [4.78, 5) is 0. The first-order chi connectivity index (χ1) is 6.86. The van der Waals surface area contributed by atoms with Crippen molar-refractivity contribution in [3.05, 3.63) is 35.1 Å². The molecule has 1 rings (SSSR count). The molecule has 0 spiro atoms. The fourth-order valence-corrected chi connectivity index (χ4v) is 1.14. The van der Waals surface area contributed by atoms with Gasteiger partial charge in [-0.2, -0.15) is 13.2 Å². The third-order valence-electron chi connectivity index (χ3n) is 2.04. The van der Waals surface area contributed by atoms with E-state index >= 15 is 0 Å². The first-order valence-corrected chi connectivity index (χ1v) is 4.19. The highest BCUT2D eigenvalue weighted by molar-refractivity contribution is 5.28. The molecule has 1 aromatic rings. The van der Waals surface area contributed by atoms with Gasteiger partial charge in [0, 0.05) is 11.6 Å². The fraction of sp³-hybridized carbons (Fsp3) is 0.333. The van der Waals surface area contributed by atoms with Gasteiger partial charge in [-0.25, -0.2) is 4.39 Å². The van der Waals surface area contributed by atoms with Crippen molar-refractivity contribution in [2.75, 3.05) is 0 Å². The van der Waals surface area contributed by atoms with Crippen molar-refractivity contribution >= 4 is 0 Å². The first-order valence-electron chi connectivity index (χ1n) is 4.19. The number of hydrogen-bond donors (Lipinski definition) is 2. The van der Waals surface area contributed by atoms with Gasteiger partial charge in [0.25, 0.3) is 0 Å². The predicted molar refractivity (Wildman–Crippen MR) is 47.1 cm³/mol. The van der Waals surface area contributed by atoms with Gasteiger partial charge in [0.2, 0.25) is 0 Å². The van der Waals surface area contributed by atoms with Crippen molar-refractivity contribution in [3.8, 4) is 0 Å². The Morgan fingerprint density at radius 2 is 1.93 bits per heavy atom. The molecule has 6 heteroatoms. The average molecular weight is 222 g/mol. The largest absolute Gasteiger partial charge is 0.416 e. The highest BCUT2D eigenvalue weighted by atomic mass is 19.4. The van der Waals surface area contributed by atoms with E-state index in [2.05, 4.69) is 5.43 Å². The van der Waals surface area contributed by atoms with E-state index in [1.807, 2.05) is 0 Å². The average Bonchev–Trinajstić information content (AvgIpc) is 2.15. The lowest BCUT2D eigenvalue weighted by Crippen LogP contribution is -2.26. The Kier molecular flexibility index (Phi) is 3.31. The topological polar surface area (TPSA) is 38.0 Å². The number of hydrazine groups is 1. The summed E-state index contributed by atoms with van der Waals surface area (Å²) in [5.74, 6) is 4.14. The molecule has 2 nitrogen and oxygen atoms in total. The molecule has 0 amide bonds. The lowest BCUT2D eigenvalue weighted by atomic mass is 10.1. The zero-order chi connectivity index (χ0) is 11.6. The molecule has 1 aromatic carbocycles. The Morgan fingerprint density at radius 1 is 1.33 bits per heavy atom. The van der Waals surface area contributed by atoms with Crippen LogP contribution >= 0.6 is 0 Å². The van der Waals surface area contributed by atoms with Gasteiger partial charge in [0.15, 0.2) is 0 Å². The summed E-state index contributed by atoms with van der Waals surface area (Å²) in [6, 6.07) is 1.82. The zero-order valence-electron chi connectivity index (χ0n) is 7.90. The summed E-state index contributed by atoms with van der Waals surface area (Å²) in [5, 5.41) is 0. The molecule has 0 aliphatic rings. The number of nitrogens with two attached hydrogens (primary N) is 1. The van der Waals surface area contributed by atoms with Gasteiger partial charge in [-0.3, -0.25) is 11.3 Å². The van der Waals surface area contributed by atoms with Crippen molar-refractivity contribution in [1.82, 2.24) is 5.43 Å². The molecular weight excluding hydrogens is 212 g/mol. The highest BCUT2D eigenvalue weighted by Gasteiger charge is 2.31. The third kappa shape index (κ3) is 2.66. The van der Waals surface area contributed by atoms with Crippen LogP contribution in [0, 0.1) is 5.82 Å². The maximum absolute atomic E-state index is 13.2. The van der Waals surface area contributed by atoms with Crippen LogP contribution in [0.3, 0.4) is 0 Å². The molecule has 0 bridgehead atoms. The van der Waals surface area contributed by atoms with E-state index in [4.69, 9.17) is 5.84 Å². The minimum atomic E-state index is -4.53. The number of hydrogen-bond acceptors (Lipinski definition) is 2. The summed E-state index contributed by atoms with van der Waals surface area (Å²) in [6.07, 6.45) is -4.53. The van der Waals surface area contributed by atoms with Crippen LogP contribution in [-0.2, 0) is 6.18 Å². The lowest BCUT2D eigenvalue weighted by Gasteiger charge is -2.13. The number of benzene rings is 1. The van der Waals surface area contributed by atoms with Crippen molar-refractivity contribution in [1.29, 1.82) is 0 Å². The van der Waals surface area contributed by atoms with Crippen molar-refractivity contribution in [2.24, 2.45) is 5.84 Å². The monoisotopic (exact) mass is 222 g/mol. The number of alkyl halides is 3. The smallest absolute Gasteiger partial charge is 0.271 e. The van der Waals surface area contributed by atoms with Crippen LogP contribution in [0.15, 0.2) is 18.2 Å². The van der Waals surface area contributed by atoms with Crippen molar-refractivity contribution < 1.29 is 17.6 Å². The second-order valence-corrected chi connectivity index (χ2v) is 3.12. The SMILES string of the molecule is CC(NN)c1ccc(C(F)(F)F)cc1F. The van der Waals surface area contributed by atoms with Crippen LogP contribution in [0.1, 0.15) is 24.1 Å². The van der Waals surface area contributed by atoms with Crippen LogP contribution in [0.25, 0.3) is 0 Å². The van der Waals surface area contributed by atoms with E-state index < -0.39 is 23.6 Å². The molecule has 0 aliphatic heterocycles. The van der Waals surface area contributed by atoms with Crippen molar-refractivity contribution in [2.45, 2.75) is 19.1 Å². The van der Waals surface area contributed by atoms with Gasteiger partial charge in [-0.05, 0) is 19.1 Å². The summed E-state index contributed by atoms with van der Waals surface area (Å²) in [6.45, 7) is 1.55. The molecule has 0 aromatic heterocycles. The molecule has 0 saturated heterocycles. The minimum Gasteiger partial charge on any atom is -0.271 e. The summed E-state index contributed by atoms with van der Waals surface area (Å²) >= 11 is 0. The van der Waals surface area contributed by atoms with Gasteiger partial charge in [0.05, 0.1) is 5.56 Å². The van der Waals surface area contributed by atoms with Gasteiger partial charge >= 0.3 is 6.18 Å². The summed E-state index contributed by atoms with van der Waals surface area (Å²) in [5.41, 5.74) is 1.35. The van der Waals surface area contributed by atoms with Gasteiger partial charge in [0.1, 0.15) is 5.82 Å². The molecule has 0 radical (unpaired) electrons. The van der Waals surface area contributed by atoms with Gasteiger partial charge in [-0.1, -0.05) is 6.07 Å². The molecular formula is C9H10F4N2. The highest BCUT2D eigenvalue weighted by Crippen LogP contribution is 2.31. The van der Waals surface area contributed by atoms with E-state index in [0.717, 1.165) is 12.1 Å². The van der Waals surface area contributed by atoms with Crippen LogP contribution in [0.2, 0.25) is 0 Å². The Bertz CT molecular complexity index is 348. The Morgan fingerprint density at radius 3 is 2.33 bits per heavy atom. The Labute approximate surface area is 84.0 Å². The maximum atomic E-state index is 13.2. The van der Waals surface area contributed by atoms with Crippen molar-refractivity contribution in [3.63, 3.8) is 0 Å². The van der Waals surface area contributed by atoms with E-state index in [-0.39, 0.29) is 5.56 Å². The van der Waals surface area contributed by atoms with Gasteiger partial charge < -0.3 is 0 Å². The minimum absolute atomic E-state index is 0.102. The molecule has 3 N–H and O–H groups in total. The number of nitrogens with one attached hydrogen (secondary N) is 1. The standard InChI is InChI=1S/C9H10F4N2/c1-5(15-14)7-3-2-6(4-8(7)10)9(11,12)13/h2-5,15H,14H2,1H3. The Balaban J connectivity index is 3.09. The number of rotatable bonds is 2. The van der Waals surface area contributed by atoms with Crippen LogP contribution in [-0.4, -0.2) is 0 Å². The summed E-state index contributed by atoms with van der Waals surface area (Å²) < 4.78 is 49.7. The van der Waals surface area contributed by atoms with Crippen LogP contribution in [0.5, 0.6) is 0 Å². The fourth-order valence-electron chi connectivity index (χ4n) is 1.14. The number of halogens is 4. The molecule has 84 valence electrons. The molecule has 0 fully saturated rings. The first kappa shape index (κ1) is 11.9. The van der Waals surface area contributed by atoms with E-state index in [9.17, 15) is 17.6 Å². The molecule has 0 heterocycles. The molecule has 1 unspecified atom stereocenters. The van der Waals surface area contributed by atoms with Crippen LogP contribution < -0.4 is 11.3 Å². The quantitative estimate of drug-likeness (QED) is 0.458. The second kappa shape index (κ2) is 4.16. The normalized spacial score (nSPS) is 14.0. The zero-order valence-corrected chi connectivity index (χ0v) is 7.90. The maximum Gasteiger partial charge on any atom is 0.416 e. The lowest BCUT2D eigenvalue weighted by molar-refractivity contribution is -0.137. The van der Waals surface area contributed by atoms with E-state index in [1.54, 1.807) is 6.92 Å². The molecule has 0 aliphatic carbocycles. The molecule has 15 heavy (non-hydrogen) atoms. The van der Waals surface area contributed by atoms with E-state index in [0.29, 0.717) is 6.07 Å². The molecule has 1 atom stereocenters. The van der Waals surface area contributed by atoms with Crippen LogP contribution in [0.4, 0.5) is 17.6 Å². The summed E-state index contributed by atoms with van der Waals surface area (Å²) in [7, 11) is 0. The van der Waals surface area contributed by atoms with Gasteiger partial charge in [-0.15, -0.1) is 0 Å². The molecule has 0 saturated carbocycles. The van der Waals surface area contributed by atoms with E-state index in [1.165, 1.54) is 0 Å².